The molecule has 8 nitrogen and oxygen atoms in total. The number of morpholine rings is 1. The second kappa shape index (κ2) is 9.91. The summed E-state index contributed by atoms with van der Waals surface area (Å²) in [4.78, 5) is 27.5. The Balaban J connectivity index is 1.60. The van der Waals surface area contributed by atoms with Crippen molar-refractivity contribution in [2.45, 2.75) is 26.4 Å². The number of rotatable bonds is 7. The van der Waals surface area contributed by atoms with E-state index in [2.05, 4.69) is 10.2 Å². The molecule has 0 unspecified atom stereocenters. The zero-order valence-corrected chi connectivity index (χ0v) is 18.4. The smallest absolute Gasteiger partial charge is 0.339 e. The highest BCUT2D eigenvalue weighted by molar-refractivity contribution is 6.01. The van der Waals surface area contributed by atoms with Crippen molar-refractivity contribution in [1.29, 1.82) is 0 Å². The standard InChI is InChI=1S/C24H28N2O6/c1-3-30-20-15-19(26-9-11-29-12-10-26)21(31-4-2)14-18(20)25-23(27)22-13-16-7-5-6-8-17(16)24(28)32-22/h5-8,14-15,22H,3-4,9-13H2,1-2H3,(H,25,27)/t22-/m0/s1. The third-order valence-electron chi connectivity index (χ3n) is 5.45. The molecule has 1 amide bonds. The van der Waals surface area contributed by atoms with Crippen LogP contribution in [0.15, 0.2) is 36.4 Å². The summed E-state index contributed by atoms with van der Waals surface area (Å²) in [6.45, 7) is 7.49. The molecule has 32 heavy (non-hydrogen) atoms. The van der Waals surface area contributed by atoms with Crippen molar-refractivity contribution in [1.82, 2.24) is 0 Å². The Hall–Kier alpha value is -3.26. The van der Waals surface area contributed by atoms with Gasteiger partial charge < -0.3 is 29.2 Å². The molecule has 0 saturated carbocycles. The predicted molar refractivity (Wildman–Crippen MR) is 120 cm³/mol. The molecular weight excluding hydrogens is 412 g/mol. The van der Waals surface area contributed by atoms with E-state index in [4.69, 9.17) is 18.9 Å². The van der Waals surface area contributed by atoms with Crippen molar-refractivity contribution in [2.75, 3.05) is 49.7 Å². The van der Waals surface area contributed by atoms with Crippen LogP contribution in [0.25, 0.3) is 0 Å². The van der Waals surface area contributed by atoms with E-state index in [9.17, 15) is 9.59 Å². The molecule has 2 aromatic rings. The van der Waals surface area contributed by atoms with Crippen molar-refractivity contribution in [3.05, 3.63) is 47.5 Å². The topological polar surface area (TPSA) is 86.3 Å². The van der Waals surface area contributed by atoms with Gasteiger partial charge in [0.05, 0.1) is 43.4 Å². The van der Waals surface area contributed by atoms with Crippen LogP contribution in [0.1, 0.15) is 29.8 Å². The third-order valence-corrected chi connectivity index (χ3v) is 5.45. The van der Waals surface area contributed by atoms with Gasteiger partial charge in [-0.05, 0) is 25.5 Å². The van der Waals surface area contributed by atoms with Crippen LogP contribution in [-0.4, -0.2) is 57.5 Å². The second-order valence-corrected chi connectivity index (χ2v) is 7.53. The lowest BCUT2D eigenvalue weighted by Gasteiger charge is -2.31. The number of amides is 1. The van der Waals surface area contributed by atoms with Crippen LogP contribution in [0, 0.1) is 0 Å². The first kappa shape index (κ1) is 22.0. The monoisotopic (exact) mass is 440 g/mol. The van der Waals surface area contributed by atoms with E-state index in [0.29, 0.717) is 55.6 Å². The zero-order chi connectivity index (χ0) is 22.5. The predicted octanol–water partition coefficient (Wildman–Crippen LogP) is 3.04. The van der Waals surface area contributed by atoms with Crippen LogP contribution in [0.3, 0.4) is 0 Å². The highest BCUT2D eigenvalue weighted by Crippen LogP contribution is 2.39. The van der Waals surface area contributed by atoms with Crippen LogP contribution >= 0.6 is 0 Å². The molecule has 1 atom stereocenters. The molecule has 0 radical (unpaired) electrons. The Morgan fingerprint density at radius 1 is 1.09 bits per heavy atom. The van der Waals surface area contributed by atoms with Crippen molar-refractivity contribution in [2.24, 2.45) is 0 Å². The maximum atomic E-state index is 13.0. The van der Waals surface area contributed by atoms with Gasteiger partial charge in [-0.15, -0.1) is 0 Å². The van der Waals surface area contributed by atoms with Crippen LogP contribution in [0.2, 0.25) is 0 Å². The number of anilines is 2. The molecule has 2 aliphatic rings. The highest BCUT2D eigenvalue weighted by atomic mass is 16.5. The lowest BCUT2D eigenvalue weighted by molar-refractivity contribution is -0.125. The average Bonchev–Trinajstić information content (AvgIpc) is 2.81. The molecular formula is C24H28N2O6. The van der Waals surface area contributed by atoms with Crippen molar-refractivity contribution in [3.63, 3.8) is 0 Å². The molecule has 0 aromatic heterocycles. The number of fused-ring (bicyclic) bond motifs is 1. The van der Waals surface area contributed by atoms with Gasteiger partial charge in [-0.2, -0.15) is 0 Å². The Kier molecular flexibility index (Phi) is 6.80. The Morgan fingerprint density at radius 3 is 2.56 bits per heavy atom. The van der Waals surface area contributed by atoms with Crippen molar-refractivity contribution < 1.29 is 28.5 Å². The van der Waals surface area contributed by atoms with Crippen molar-refractivity contribution in [3.8, 4) is 11.5 Å². The largest absolute Gasteiger partial charge is 0.492 e. The minimum atomic E-state index is -0.915. The van der Waals surface area contributed by atoms with Gasteiger partial charge in [0.25, 0.3) is 5.91 Å². The van der Waals surface area contributed by atoms with E-state index in [0.717, 1.165) is 24.3 Å². The van der Waals surface area contributed by atoms with E-state index < -0.39 is 18.0 Å². The van der Waals surface area contributed by atoms with Gasteiger partial charge in [0.15, 0.2) is 6.10 Å². The number of hydrogen-bond donors (Lipinski definition) is 1. The SMILES string of the molecule is CCOc1cc(N2CCOCC2)c(OCC)cc1NC(=O)[C@@H]1Cc2ccccc2C(=O)O1. The number of carbonyl (C=O) groups is 2. The first-order valence-electron chi connectivity index (χ1n) is 11.0. The first-order valence-corrected chi connectivity index (χ1v) is 11.0. The number of hydrogen-bond acceptors (Lipinski definition) is 7. The fourth-order valence-electron chi connectivity index (χ4n) is 3.94. The number of nitrogens with one attached hydrogen (secondary N) is 1. The van der Waals surface area contributed by atoms with Crippen molar-refractivity contribution >= 4 is 23.3 Å². The quantitative estimate of drug-likeness (QED) is 0.663. The van der Waals surface area contributed by atoms with E-state index in [1.165, 1.54) is 0 Å². The van der Waals surface area contributed by atoms with Crippen LogP contribution < -0.4 is 19.7 Å². The fourth-order valence-corrected chi connectivity index (χ4v) is 3.94. The molecule has 0 aliphatic carbocycles. The fraction of sp³-hybridized carbons (Fsp3) is 0.417. The van der Waals surface area contributed by atoms with Gasteiger partial charge in [-0.3, -0.25) is 4.79 Å². The van der Waals surface area contributed by atoms with Crippen LogP contribution in [0.4, 0.5) is 11.4 Å². The maximum Gasteiger partial charge on any atom is 0.339 e. The van der Waals surface area contributed by atoms with Gasteiger partial charge in [-0.1, -0.05) is 18.2 Å². The molecule has 0 bridgehead atoms. The van der Waals surface area contributed by atoms with Gasteiger partial charge in [0.2, 0.25) is 0 Å². The van der Waals surface area contributed by atoms with Gasteiger partial charge in [-0.25, -0.2) is 4.79 Å². The molecule has 1 fully saturated rings. The second-order valence-electron chi connectivity index (χ2n) is 7.53. The van der Waals surface area contributed by atoms with Crippen LogP contribution in [0.5, 0.6) is 11.5 Å². The normalized spacial score (nSPS) is 17.9. The van der Waals surface area contributed by atoms with E-state index in [1.807, 2.05) is 32.0 Å². The third kappa shape index (κ3) is 4.65. The molecule has 1 saturated heterocycles. The average molecular weight is 440 g/mol. The summed E-state index contributed by atoms with van der Waals surface area (Å²) in [6.07, 6.45) is -0.594. The summed E-state index contributed by atoms with van der Waals surface area (Å²) < 4.78 is 22.6. The maximum absolute atomic E-state index is 13.0. The molecule has 1 N–H and O–H groups in total. The Bertz CT molecular complexity index is 986. The minimum Gasteiger partial charge on any atom is -0.492 e. The summed E-state index contributed by atoms with van der Waals surface area (Å²) in [5.74, 6) is 0.289. The summed E-state index contributed by atoms with van der Waals surface area (Å²) in [6, 6.07) is 10.8. The lowest BCUT2D eigenvalue weighted by Crippen LogP contribution is -2.38. The first-order chi connectivity index (χ1) is 15.6. The number of nitrogens with zero attached hydrogens (tertiary/aromatic N) is 1. The summed E-state index contributed by atoms with van der Waals surface area (Å²) in [5, 5.41) is 2.88. The van der Waals surface area contributed by atoms with E-state index in [1.54, 1.807) is 18.2 Å². The minimum absolute atomic E-state index is 0.321. The number of ether oxygens (including phenoxy) is 4. The molecule has 8 heteroatoms. The van der Waals surface area contributed by atoms with Gasteiger partial charge in [0.1, 0.15) is 11.5 Å². The van der Waals surface area contributed by atoms with E-state index in [-0.39, 0.29) is 0 Å². The Labute approximate surface area is 187 Å². The van der Waals surface area contributed by atoms with Crippen LogP contribution in [-0.2, 0) is 20.7 Å². The highest BCUT2D eigenvalue weighted by Gasteiger charge is 2.32. The van der Waals surface area contributed by atoms with E-state index >= 15 is 0 Å². The molecule has 0 spiro atoms. The number of esters is 1. The van der Waals surface area contributed by atoms with Gasteiger partial charge in [0, 0.05) is 31.6 Å². The molecule has 2 aromatic carbocycles. The molecule has 2 aliphatic heterocycles. The number of carbonyl (C=O) groups excluding carboxylic acids is 2. The van der Waals surface area contributed by atoms with Gasteiger partial charge >= 0.3 is 5.97 Å². The summed E-state index contributed by atoms with van der Waals surface area (Å²) in [7, 11) is 0. The summed E-state index contributed by atoms with van der Waals surface area (Å²) in [5.41, 5.74) is 2.67. The zero-order valence-electron chi connectivity index (χ0n) is 18.4. The number of benzene rings is 2. The number of cyclic esters (lactones) is 1. The molecule has 170 valence electrons. The molecule has 4 rings (SSSR count). The lowest BCUT2D eigenvalue weighted by atomic mass is 9.98. The summed E-state index contributed by atoms with van der Waals surface area (Å²) >= 11 is 0. The Morgan fingerprint density at radius 2 is 1.81 bits per heavy atom. The molecule has 2 heterocycles.